The van der Waals surface area contributed by atoms with Gasteiger partial charge in [0.1, 0.15) is 5.82 Å². The Bertz CT molecular complexity index is 405. The molecule has 1 heterocycles. The maximum atomic E-state index is 13.2. The van der Waals surface area contributed by atoms with Gasteiger partial charge in [0.05, 0.1) is 17.3 Å². The lowest BCUT2D eigenvalue weighted by Crippen LogP contribution is -2.34. The van der Waals surface area contributed by atoms with Crippen molar-refractivity contribution in [2.75, 3.05) is 18.5 Å². The Hall–Kier alpha value is -1.60. The lowest BCUT2D eigenvalue weighted by molar-refractivity contribution is 0.273. The van der Waals surface area contributed by atoms with Gasteiger partial charge in [0, 0.05) is 13.1 Å². The third-order valence-electron chi connectivity index (χ3n) is 2.67. The molecule has 16 heavy (non-hydrogen) atoms. The summed E-state index contributed by atoms with van der Waals surface area (Å²) in [5, 5.41) is 10.8. The van der Waals surface area contributed by atoms with Crippen LogP contribution >= 0.6 is 0 Å². The maximum absolute atomic E-state index is 13.2. The number of nitrogens with zero attached hydrogens (tertiary/aromatic N) is 2. The van der Waals surface area contributed by atoms with E-state index in [0.29, 0.717) is 11.3 Å². The molecule has 1 N–H and O–H groups in total. The zero-order chi connectivity index (χ0) is 11.4. The fourth-order valence-corrected chi connectivity index (χ4v) is 1.91. The molecule has 1 saturated heterocycles. The average molecular weight is 219 g/mol. The summed E-state index contributed by atoms with van der Waals surface area (Å²) < 4.78 is 13.2. The van der Waals surface area contributed by atoms with Crippen molar-refractivity contribution >= 4 is 5.69 Å². The van der Waals surface area contributed by atoms with E-state index in [0.717, 1.165) is 25.9 Å². The molecule has 0 atom stereocenters. The molecule has 0 radical (unpaired) electrons. The van der Waals surface area contributed by atoms with Crippen molar-refractivity contribution in [3.05, 3.63) is 29.6 Å². The highest BCUT2D eigenvalue weighted by atomic mass is 19.1. The molecule has 84 valence electrons. The van der Waals surface area contributed by atoms with Crippen molar-refractivity contribution in [3.63, 3.8) is 0 Å². The van der Waals surface area contributed by atoms with E-state index >= 15 is 0 Å². The molecule has 0 unspecified atom stereocenters. The van der Waals surface area contributed by atoms with Gasteiger partial charge in [-0.15, -0.1) is 0 Å². The van der Waals surface area contributed by atoms with Crippen LogP contribution in [0, 0.1) is 17.1 Å². The Morgan fingerprint density at radius 2 is 1.94 bits per heavy atom. The van der Waals surface area contributed by atoms with Gasteiger partial charge >= 0.3 is 0 Å². The summed E-state index contributed by atoms with van der Waals surface area (Å²) in [5.41, 5.74) is 4.14. The molecule has 1 aromatic carbocycles. The second kappa shape index (κ2) is 4.95. The van der Waals surface area contributed by atoms with Gasteiger partial charge in [0.25, 0.3) is 0 Å². The van der Waals surface area contributed by atoms with E-state index in [9.17, 15) is 4.39 Å². The monoisotopic (exact) mass is 219 g/mol. The molecule has 0 saturated carbocycles. The minimum atomic E-state index is -0.376. The van der Waals surface area contributed by atoms with Gasteiger partial charge in [0.2, 0.25) is 0 Å². The Morgan fingerprint density at radius 3 is 2.62 bits per heavy atom. The minimum Gasteiger partial charge on any atom is -0.319 e. The Morgan fingerprint density at radius 1 is 1.19 bits per heavy atom. The third-order valence-corrected chi connectivity index (χ3v) is 2.67. The average Bonchev–Trinajstić information content (AvgIpc) is 2.29. The van der Waals surface area contributed by atoms with E-state index in [1.54, 1.807) is 6.07 Å². The molecule has 1 fully saturated rings. The molecule has 3 nitrogen and oxygen atoms in total. The van der Waals surface area contributed by atoms with Crippen molar-refractivity contribution in [1.29, 1.82) is 5.26 Å². The molecule has 2 rings (SSSR count). The van der Waals surface area contributed by atoms with E-state index in [4.69, 9.17) is 5.26 Å². The zero-order valence-electron chi connectivity index (χ0n) is 9.04. The van der Waals surface area contributed by atoms with Gasteiger partial charge in [-0.1, -0.05) is 6.42 Å². The number of hydrogen-bond donors (Lipinski definition) is 1. The molecule has 0 amide bonds. The molecule has 0 aliphatic carbocycles. The number of hydrogen-bond acceptors (Lipinski definition) is 3. The SMILES string of the molecule is N#Cc1cc(F)cc(NN2CCCCC2)c1. The standard InChI is InChI=1S/C12H14FN3/c13-11-6-10(9-14)7-12(8-11)15-16-4-2-1-3-5-16/h6-8,15H,1-5H2. The maximum Gasteiger partial charge on any atom is 0.126 e. The number of piperidine rings is 1. The van der Waals surface area contributed by atoms with Crippen molar-refractivity contribution in [2.45, 2.75) is 19.3 Å². The van der Waals surface area contributed by atoms with Gasteiger partial charge in [0.15, 0.2) is 0 Å². The summed E-state index contributed by atoms with van der Waals surface area (Å²) in [7, 11) is 0. The van der Waals surface area contributed by atoms with Gasteiger partial charge < -0.3 is 5.43 Å². The fraction of sp³-hybridized carbons (Fsp3) is 0.417. The van der Waals surface area contributed by atoms with Crippen molar-refractivity contribution in [1.82, 2.24) is 5.01 Å². The molecule has 0 bridgehead atoms. The lowest BCUT2D eigenvalue weighted by Gasteiger charge is -2.27. The first kappa shape index (κ1) is 10.9. The van der Waals surface area contributed by atoms with E-state index in [-0.39, 0.29) is 5.82 Å². The predicted octanol–water partition coefficient (Wildman–Crippen LogP) is 2.51. The quantitative estimate of drug-likeness (QED) is 0.830. The number of rotatable bonds is 2. The van der Waals surface area contributed by atoms with Crippen LogP contribution < -0.4 is 5.43 Å². The topological polar surface area (TPSA) is 39.1 Å². The summed E-state index contributed by atoms with van der Waals surface area (Å²) in [5.74, 6) is -0.376. The smallest absolute Gasteiger partial charge is 0.126 e. The van der Waals surface area contributed by atoms with Gasteiger partial charge in [-0.25, -0.2) is 9.40 Å². The van der Waals surface area contributed by atoms with Crippen molar-refractivity contribution in [2.24, 2.45) is 0 Å². The molecular weight excluding hydrogens is 205 g/mol. The van der Waals surface area contributed by atoms with Crippen LogP contribution in [0.25, 0.3) is 0 Å². The summed E-state index contributed by atoms with van der Waals surface area (Å²) in [6, 6.07) is 6.26. The van der Waals surface area contributed by atoms with Crippen molar-refractivity contribution < 1.29 is 4.39 Å². The van der Waals surface area contributed by atoms with Crippen LogP contribution in [0.15, 0.2) is 18.2 Å². The summed E-state index contributed by atoms with van der Waals surface area (Å²) in [6.07, 6.45) is 3.58. The highest BCUT2D eigenvalue weighted by Crippen LogP contribution is 2.16. The Labute approximate surface area is 94.5 Å². The fourth-order valence-electron chi connectivity index (χ4n) is 1.91. The molecule has 0 spiro atoms. The molecule has 0 aromatic heterocycles. The van der Waals surface area contributed by atoms with Crippen LogP contribution in [0.1, 0.15) is 24.8 Å². The number of nitrogens with one attached hydrogen (secondary N) is 1. The van der Waals surface area contributed by atoms with Gasteiger partial charge in [-0.3, -0.25) is 0 Å². The van der Waals surface area contributed by atoms with Crippen LogP contribution in [-0.4, -0.2) is 18.1 Å². The zero-order valence-corrected chi connectivity index (χ0v) is 9.04. The van der Waals surface area contributed by atoms with E-state index in [1.807, 2.05) is 6.07 Å². The van der Waals surface area contributed by atoms with Gasteiger partial charge in [-0.2, -0.15) is 5.26 Å². The van der Waals surface area contributed by atoms with Crippen LogP contribution in [0.5, 0.6) is 0 Å². The van der Waals surface area contributed by atoms with E-state index < -0.39 is 0 Å². The molecular formula is C12H14FN3. The first-order valence-electron chi connectivity index (χ1n) is 5.50. The Balaban J connectivity index is 2.08. The highest BCUT2D eigenvalue weighted by Gasteiger charge is 2.10. The second-order valence-electron chi connectivity index (χ2n) is 4.00. The van der Waals surface area contributed by atoms with Crippen molar-refractivity contribution in [3.8, 4) is 6.07 Å². The molecule has 4 heteroatoms. The van der Waals surface area contributed by atoms with Crippen LogP contribution in [-0.2, 0) is 0 Å². The highest BCUT2D eigenvalue weighted by molar-refractivity contribution is 5.49. The largest absolute Gasteiger partial charge is 0.319 e. The van der Waals surface area contributed by atoms with E-state index in [1.165, 1.54) is 18.6 Å². The molecule has 1 aliphatic heterocycles. The summed E-state index contributed by atoms with van der Waals surface area (Å²) >= 11 is 0. The lowest BCUT2D eigenvalue weighted by atomic mass is 10.1. The second-order valence-corrected chi connectivity index (χ2v) is 4.00. The van der Waals surface area contributed by atoms with Gasteiger partial charge in [-0.05, 0) is 31.0 Å². The number of benzene rings is 1. The predicted molar refractivity (Wildman–Crippen MR) is 60.2 cm³/mol. The molecule has 1 aromatic rings. The van der Waals surface area contributed by atoms with Crippen LogP contribution in [0.4, 0.5) is 10.1 Å². The van der Waals surface area contributed by atoms with Crippen LogP contribution in [0.3, 0.4) is 0 Å². The normalized spacial score (nSPS) is 16.8. The molecule has 1 aliphatic rings. The van der Waals surface area contributed by atoms with Crippen LogP contribution in [0.2, 0.25) is 0 Å². The van der Waals surface area contributed by atoms with E-state index in [2.05, 4.69) is 10.4 Å². The first-order chi connectivity index (χ1) is 7.78. The number of anilines is 1. The minimum absolute atomic E-state index is 0.347. The Kier molecular flexibility index (Phi) is 3.37. The first-order valence-corrected chi connectivity index (χ1v) is 5.50. The third kappa shape index (κ3) is 2.71. The number of nitriles is 1. The number of hydrazine groups is 1. The summed E-state index contributed by atoms with van der Waals surface area (Å²) in [4.78, 5) is 0. The summed E-state index contributed by atoms with van der Waals surface area (Å²) in [6.45, 7) is 1.94. The number of halogens is 1.